The van der Waals surface area contributed by atoms with Crippen LogP contribution in [-0.4, -0.2) is 22.9 Å². The Kier molecular flexibility index (Phi) is 4.26. The van der Waals surface area contributed by atoms with Crippen LogP contribution in [0.3, 0.4) is 0 Å². The lowest BCUT2D eigenvalue weighted by Crippen LogP contribution is -2.21. The van der Waals surface area contributed by atoms with Gasteiger partial charge >= 0.3 is 0 Å². The highest BCUT2D eigenvalue weighted by atomic mass is 15.3. The van der Waals surface area contributed by atoms with Crippen molar-refractivity contribution in [3.63, 3.8) is 0 Å². The summed E-state index contributed by atoms with van der Waals surface area (Å²) in [7, 11) is 0. The Morgan fingerprint density at radius 1 is 1.54 bits per heavy atom. The molecule has 3 heteroatoms. The maximum atomic E-state index is 4.11. The number of nitrogens with zero attached hydrogens (tertiary/aromatic N) is 2. The number of nitrogens with one attached hydrogen (secondary N) is 1. The van der Waals surface area contributed by atoms with Gasteiger partial charge in [0.2, 0.25) is 0 Å². The van der Waals surface area contributed by atoms with Crippen molar-refractivity contribution in [3.05, 3.63) is 30.6 Å². The number of hydrogen-bond donors (Lipinski definition) is 1. The van der Waals surface area contributed by atoms with E-state index in [-0.39, 0.29) is 0 Å². The summed E-state index contributed by atoms with van der Waals surface area (Å²) in [5.74, 6) is 0. The smallest absolute Gasteiger partial charge is 0.0533 e. The van der Waals surface area contributed by atoms with Crippen LogP contribution in [-0.2, 0) is 6.54 Å². The van der Waals surface area contributed by atoms with E-state index in [1.807, 2.05) is 16.9 Å². The molecule has 0 aromatic carbocycles. The molecule has 0 spiro atoms. The minimum atomic E-state index is 0.934. The molecule has 0 fully saturated rings. The molecule has 0 aliphatic carbocycles. The second-order valence-corrected chi connectivity index (χ2v) is 3.23. The molecule has 0 aliphatic heterocycles. The number of rotatable bonds is 6. The summed E-state index contributed by atoms with van der Waals surface area (Å²) >= 11 is 0. The molecule has 1 aromatic heterocycles. The lowest BCUT2D eigenvalue weighted by atomic mass is 10.2. The van der Waals surface area contributed by atoms with Crippen LogP contribution in [0.1, 0.15) is 13.3 Å². The summed E-state index contributed by atoms with van der Waals surface area (Å²) in [5.41, 5.74) is 1.23. The van der Waals surface area contributed by atoms with Crippen molar-refractivity contribution in [2.45, 2.75) is 19.9 Å². The Morgan fingerprint density at radius 2 is 2.38 bits per heavy atom. The minimum Gasteiger partial charge on any atom is -0.315 e. The summed E-state index contributed by atoms with van der Waals surface area (Å²) in [4.78, 5) is 0. The van der Waals surface area contributed by atoms with Crippen molar-refractivity contribution in [1.29, 1.82) is 0 Å². The van der Waals surface area contributed by atoms with Crippen molar-refractivity contribution in [2.75, 3.05) is 13.1 Å². The average Bonchev–Trinajstić information content (AvgIpc) is 2.55. The summed E-state index contributed by atoms with van der Waals surface area (Å²) in [5, 5.41) is 7.44. The second kappa shape index (κ2) is 5.54. The van der Waals surface area contributed by atoms with Crippen molar-refractivity contribution in [1.82, 2.24) is 15.1 Å². The molecule has 0 radical (unpaired) electrons. The Labute approximate surface area is 79.5 Å². The zero-order chi connectivity index (χ0) is 9.52. The zero-order valence-electron chi connectivity index (χ0n) is 8.16. The van der Waals surface area contributed by atoms with Gasteiger partial charge in [0.05, 0.1) is 6.54 Å². The molecule has 0 saturated heterocycles. The highest BCUT2D eigenvalue weighted by Gasteiger charge is 1.90. The number of hydrogen-bond acceptors (Lipinski definition) is 2. The first-order valence-corrected chi connectivity index (χ1v) is 4.61. The van der Waals surface area contributed by atoms with E-state index >= 15 is 0 Å². The number of aromatic nitrogens is 2. The first kappa shape index (κ1) is 9.99. The molecular weight excluding hydrogens is 162 g/mol. The van der Waals surface area contributed by atoms with E-state index < -0.39 is 0 Å². The van der Waals surface area contributed by atoms with Crippen LogP contribution in [0.5, 0.6) is 0 Å². The second-order valence-electron chi connectivity index (χ2n) is 3.23. The Morgan fingerprint density at radius 3 is 3.00 bits per heavy atom. The quantitative estimate of drug-likeness (QED) is 0.529. The van der Waals surface area contributed by atoms with E-state index in [4.69, 9.17) is 0 Å². The van der Waals surface area contributed by atoms with Gasteiger partial charge < -0.3 is 5.32 Å². The van der Waals surface area contributed by atoms with Crippen LogP contribution in [0.4, 0.5) is 0 Å². The normalized spacial score (nSPS) is 10.2. The minimum absolute atomic E-state index is 0.934. The van der Waals surface area contributed by atoms with Crippen molar-refractivity contribution < 1.29 is 0 Å². The lowest BCUT2D eigenvalue weighted by Gasteiger charge is -2.04. The Balaban J connectivity index is 1.99. The van der Waals surface area contributed by atoms with Crippen molar-refractivity contribution in [3.8, 4) is 0 Å². The SMILES string of the molecule is C=C(C)CCNCCn1cccn1. The Bertz CT molecular complexity index is 239. The van der Waals surface area contributed by atoms with Gasteiger partial charge in [0.25, 0.3) is 0 Å². The topological polar surface area (TPSA) is 29.9 Å². The van der Waals surface area contributed by atoms with Crippen LogP contribution in [0.15, 0.2) is 30.6 Å². The first-order valence-electron chi connectivity index (χ1n) is 4.61. The highest BCUT2D eigenvalue weighted by Crippen LogP contribution is 1.91. The molecule has 0 saturated carbocycles. The monoisotopic (exact) mass is 179 g/mol. The molecule has 3 nitrogen and oxygen atoms in total. The molecule has 0 atom stereocenters. The molecule has 72 valence electrons. The van der Waals surface area contributed by atoms with Crippen LogP contribution in [0.2, 0.25) is 0 Å². The molecule has 13 heavy (non-hydrogen) atoms. The summed E-state index contributed by atoms with van der Waals surface area (Å²) in [6.07, 6.45) is 4.83. The molecule has 1 aromatic rings. The van der Waals surface area contributed by atoms with Crippen LogP contribution < -0.4 is 5.32 Å². The van der Waals surface area contributed by atoms with E-state index in [0.29, 0.717) is 0 Å². The predicted octanol–water partition coefficient (Wildman–Crippen LogP) is 1.44. The van der Waals surface area contributed by atoms with E-state index in [0.717, 1.165) is 26.1 Å². The van der Waals surface area contributed by atoms with Crippen LogP contribution >= 0.6 is 0 Å². The van der Waals surface area contributed by atoms with Gasteiger partial charge in [-0.25, -0.2) is 0 Å². The third kappa shape index (κ3) is 4.48. The molecule has 1 N–H and O–H groups in total. The van der Waals surface area contributed by atoms with E-state index in [2.05, 4.69) is 23.9 Å². The van der Waals surface area contributed by atoms with Crippen molar-refractivity contribution >= 4 is 0 Å². The zero-order valence-corrected chi connectivity index (χ0v) is 8.16. The van der Waals surface area contributed by atoms with Gasteiger partial charge in [-0.2, -0.15) is 5.10 Å². The Hall–Kier alpha value is -1.09. The van der Waals surface area contributed by atoms with Crippen molar-refractivity contribution in [2.24, 2.45) is 0 Å². The predicted molar refractivity (Wildman–Crippen MR) is 54.5 cm³/mol. The fourth-order valence-corrected chi connectivity index (χ4v) is 1.05. The largest absolute Gasteiger partial charge is 0.315 e. The van der Waals surface area contributed by atoms with Gasteiger partial charge in [-0.05, 0) is 26.0 Å². The summed E-state index contributed by atoms with van der Waals surface area (Å²) < 4.78 is 1.92. The van der Waals surface area contributed by atoms with Crippen LogP contribution in [0, 0.1) is 0 Å². The van der Waals surface area contributed by atoms with Crippen LogP contribution in [0.25, 0.3) is 0 Å². The maximum absolute atomic E-state index is 4.11. The van der Waals surface area contributed by atoms with Gasteiger partial charge in [0, 0.05) is 18.9 Å². The fraction of sp³-hybridized carbons (Fsp3) is 0.500. The third-order valence-electron chi connectivity index (χ3n) is 1.81. The maximum Gasteiger partial charge on any atom is 0.0533 e. The molecular formula is C10H17N3. The van der Waals surface area contributed by atoms with E-state index in [9.17, 15) is 0 Å². The molecule has 1 heterocycles. The van der Waals surface area contributed by atoms with Gasteiger partial charge in [0.15, 0.2) is 0 Å². The van der Waals surface area contributed by atoms with E-state index in [1.54, 1.807) is 6.20 Å². The first-order chi connectivity index (χ1) is 6.29. The van der Waals surface area contributed by atoms with Gasteiger partial charge in [0.1, 0.15) is 0 Å². The van der Waals surface area contributed by atoms with Gasteiger partial charge in [-0.3, -0.25) is 4.68 Å². The average molecular weight is 179 g/mol. The molecule has 0 bridgehead atoms. The van der Waals surface area contributed by atoms with Gasteiger partial charge in [-0.1, -0.05) is 5.57 Å². The highest BCUT2D eigenvalue weighted by molar-refractivity contribution is 4.88. The summed E-state index contributed by atoms with van der Waals surface area (Å²) in [6, 6.07) is 1.94. The van der Waals surface area contributed by atoms with E-state index in [1.165, 1.54) is 5.57 Å². The fourth-order valence-electron chi connectivity index (χ4n) is 1.05. The summed E-state index contributed by atoms with van der Waals surface area (Å²) in [6.45, 7) is 8.81. The molecule has 0 amide bonds. The van der Waals surface area contributed by atoms with Gasteiger partial charge in [-0.15, -0.1) is 6.58 Å². The third-order valence-corrected chi connectivity index (χ3v) is 1.81. The lowest BCUT2D eigenvalue weighted by molar-refractivity contribution is 0.556. The molecule has 1 rings (SSSR count). The standard InChI is InChI=1S/C10H17N3/c1-10(2)4-6-11-7-9-13-8-3-5-12-13/h3,5,8,11H,1,4,6-7,9H2,2H3. The molecule has 0 unspecified atom stereocenters. The molecule has 0 aliphatic rings.